The van der Waals surface area contributed by atoms with Crippen LogP contribution in [0.3, 0.4) is 0 Å². The van der Waals surface area contributed by atoms with Crippen LogP contribution in [0.15, 0.2) is 53.5 Å². The van der Waals surface area contributed by atoms with Gasteiger partial charge in [0.2, 0.25) is 0 Å². The molecule has 128 valence electrons. The Kier molecular flexibility index (Phi) is 8.62. The van der Waals surface area contributed by atoms with Crippen LogP contribution in [-0.4, -0.2) is 6.21 Å². The standard InChI is InChI=1S/C22H28ClN/c1-2-3-4-5-6-7-8-9-19-12-16-22(17-13-19)24-18-20-10-14-21(23)15-11-20/h10-18H,2-9H2,1H3. The third-order valence-electron chi connectivity index (χ3n) is 4.24. The molecule has 0 aliphatic rings. The third kappa shape index (κ3) is 7.31. The highest BCUT2D eigenvalue weighted by Gasteiger charge is 1.96. The Bertz CT molecular complexity index is 599. The van der Waals surface area contributed by atoms with E-state index >= 15 is 0 Å². The maximum atomic E-state index is 5.89. The average Bonchev–Trinajstić information content (AvgIpc) is 2.61. The van der Waals surface area contributed by atoms with E-state index < -0.39 is 0 Å². The Balaban J connectivity index is 1.71. The van der Waals surface area contributed by atoms with Crippen molar-refractivity contribution >= 4 is 23.5 Å². The molecule has 2 heteroatoms. The van der Waals surface area contributed by atoms with E-state index in [0.29, 0.717) is 0 Å². The molecular formula is C22H28ClN. The second kappa shape index (κ2) is 11.0. The van der Waals surface area contributed by atoms with Crippen LogP contribution in [-0.2, 0) is 6.42 Å². The van der Waals surface area contributed by atoms with Gasteiger partial charge in [0.25, 0.3) is 0 Å². The summed E-state index contributed by atoms with van der Waals surface area (Å²) in [6.07, 6.45) is 12.6. The summed E-state index contributed by atoms with van der Waals surface area (Å²) in [4.78, 5) is 4.52. The van der Waals surface area contributed by atoms with E-state index in [1.807, 2.05) is 30.5 Å². The lowest BCUT2D eigenvalue weighted by Crippen LogP contribution is -1.86. The fourth-order valence-electron chi connectivity index (χ4n) is 2.73. The maximum Gasteiger partial charge on any atom is 0.0630 e. The monoisotopic (exact) mass is 341 g/mol. The van der Waals surface area contributed by atoms with E-state index in [2.05, 4.69) is 36.2 Å². The summed E-state index contributed by atoms with van der Waals surface area (Å²) < 4.78 is 0. The summed E-state index contributed by atoms with van der Waals surface area (Å²) in [5, 5.41) is 0.752. The van der Waals surface area contributed by atoms with Crippen LogP contribution in [0.2, 0.25) is 5.02 Å². The Morgan fingerprint density at radius 2 is 1.42 bits per heavy atom. The van der Waals surface area contributed by atoms with Crippen LogP contribution >= 0.6 is 11.6 Å². The van der Waals surface area contributed by atoms with Crippen molar-refractivity contribution in [3.8, 4) is 0 Å². The molecule has 0 amide bonds. The van der Waals surface area contributed by atoms with Gasteiger partial charge in [-0.2, -0.15) is 0 Å². The van der Waals surface area contributed by atoms with Gasteiger partial charge in [0, 0.05) is 11.2 Å². The highest BCUT2D eigenvalue weighted by molar-refractivity contribution is 6.30. The fourth-order valence-corrected chi connectivity index (χ4v) is 2.86. The van der Waals surface area contributed by atoms with E-state index in [1.165, 1.54) is 56.9 Å². The van der Waals surface area contributed by atoms with Crippen molar-refractivity contribution in [3.63, 3.8) is 0 Å². The van der Waals surface area contributed by atoms with Gasteiger partial charge in [0.1, 0.15) is 0 Å². The van der Waals surface area contributed by atoms with Crippen molar-refractivity contribution in [1.29, 1.82) is 0 Å². The van der Waals surface area contributed by atoms with Crippen LogP contribution in [0, 0.1) is 0 Å². The van der Waals surface area contributed by atoms with E-state index in [4.69, 9.17) is 11.6 Å². The van der Waals surface area contributed by atoms with E-state index in [0.717, 1.165) is 16.3 Å². The molecule has 0 aromatic heterocycles. The van der Waals surface area contributed by atoms with Gasteiger partial charge < -0.3 is 0 Å². The quantitative estimate of drug-likeness (QED) is 0.315. The Labute approximate surface area is 151 Å². The summed E-state index contributed by atoms with van der Waals surface area (Å²) in [5.41, 5.74) is 3.47. The summed E-state index contributed by atoms with van der Waals surface area (Å²) in [7, 11) is 0. The lowest BCUT2D eigenvalue weighted by molar-refractivity contribution is 0.589. The Hall–Kier alpha value is -1.60. The predicted molar refractivity (Wildman–Crippen MR) is 107 cm³/mol. The van der Waals surface area contributed by atoms with Crippen LogP contribution < -0.4 is 0 Å². The number of aryl methyl sites for hydroxylation is 1. The number of unbranched alkanes of at least 4 members (excludes halogenated alkanes) is 6. The maximum absolute atomic E-state index is 5.89. The second-order valence-electron chi connectivity index (χ2n) is 6.35. The van der Waals surface area contributed by atoms with Crippen LogP contribution in [0.25, 0.3) is 0 Å². The van der Waals surface area contributed by atoms with Gasteiger partial charge in [-0.15, -0.1) is 0 Å². The minimum Gasteiger partial charge on any atom is -0.256 e. The summed E-state index contributed by atoms with van der Waals surface area (Å²) in [6.45, 7) is 2.27. The molecule has 0 aliphatic carbocycles. The van der Waals surface area contributed by atoms with Crippen LogP contribution in [0.1, 0.15) is 63.0 Å². The van der Waals surface area contributed by atoms with Crippen molar-refractivity contribution in [2.75, 3.05) is 0 Å². The van der Waals surface area contributed by atoms with Gasteiger partial charge in [-0.1, -0.05) is 81.3 Å². The van der Waals surface area contributed by atoms with Gasteiger partial charge in [0.15, 0.2) is 0 Å². The number of hydrogen-bond acceptors (Lipinski definition) is 1. The van der Waals surface area contributed by atoms with Crippen LogP contribution in [0.4, 0.5) is 5.69 Å². The highest BCUT2D eigenvalue weighted by atomic mass is 35.5. The molecule has 0 saturated heterocycles. The zero-order chi connectivity index (χ0) is 17.0. The molecule has 1 nitrogen and oxygen atoms in total. The molecule has 0 N–H and O–H groups in total. The lowest BCUT2D eigenvalue weighted by Gasteiger charge is -2.03. The highest BCUT2D eigenvalue weighted by Crippen LogP contribution is 2.16. The first-order chi connectivity index (χ1) is 11.8. The van der Waals surface area contributed by atoms with Gasteiger partial charge in [0.05, 0.1) is 5.69 Å². The molecule has 2 aromatic rings. The summed E-state index contributed by atoms with van der Waals surface area (Å²) in [6, 6.07) is 16.3. The average molecular weight is 342 g/mol. The first-order valence-corrected chi connectivity index (χ1v) is 9.54. The molecule has 0 atom stereocenters. The number of nitrogens with zero attached hydrogens (tertiary/aromatic N) is 1. The third-order valence-corrected chi connectivity index (χ3v) is 4.49. The SMILES string of the molecule is CCCCCCCCCc1ccc(N=Cc2ccc(Cl)cc2)cc1. The van der Waals surface area contributed by atoms with Crippen LogP contribution in [0.5, 0.6) is 0 Å². The zero-order valence-corrected chi connectivity index (χ0v) is 15.4. The van der Waals surface area contributed by atoms with Gasteiger partial charge in [-0.3, -0.25) is 4.99 Å². The molecule has 0 bridgehead atoms. The topological polar surface area (TPSA) is 12.4 Å². The molecule has 24 heavy (non-hydrogen) atoms. The molecule has 0 radical (unpaired) electrons. The van der Waals surface area contributed by atoms with Gasteiger partial charge in [-0.25, -0.2) is 0 Å². The van der Waals surface area contributed by atoms with Gasteiger partial charge >= 0.3 is 0 Å². The van der Waals surface area contributed by atoms with Crippen molar-refractivity contribution in [1.82, 2.24) is 0 Å². The lowest BCUT2D eigenvalue weighted by atomic mass is 10.0. The molecule has 0 unspecified atom stereocenters. The van der Waals surface area contributed by atoms with Gasteiger partial charge in [-0.05, 0) is 48.2 Å². The number of aliphatic imine (C=N–C) groups is 1. The van der Waals surface area contributed by atoms with Crippen molar-refractivity contribution in [2.45, 2.75) is 58.3 Å². The fraction of sp³-hybridized carbons (Fsp3) is 0.409. The zero-order valence-electron chi connectivity index (χ0n) is 14.7. The number of rotatable bonds is 10. The number of halogens is 1. The van der Waals surface area contributed by atoms with E-state index in [9.17, 15) is 0 Å². The smallest absolute Gasteiger partial charge is 0.0630 e. The van der Waals surface area contributed by atoms with E-state index in [1.54, 1.807) is 0 Å². The van der Waals surface area contributed by atoms with Crippen molar-refractivity contribution in [3.05, 3.63) is 64.7 Å². The summed E-state index contributed by atoms with van der Waals surface area (Å²) in [5.74, 6) is 0. The minimum atomic E-state index is 0.752. The molecule has 2 rings (SSSR count). The molecular weight excluding hydrogens is 314 g/mol. The molecule has 2 aromatic carbocycles. The normalized spacial score (nSPS) is 11.2. The molecule has 0 saturated carbocycles. The van der Waals surface area contributed by atoms with E-state index in [-0.39, 0.29) is 0 Å². The summed E-state index contributed by atoms with van der Waals surface area (Å²) >= 11 is 5.89. The largest absolute Gasteiger partial charge is 0.256 e. The molecule has 0 aliphatic heterocycles. The van der Waals surface area contributed by atoms with Crippen molar-refractivity contribution < 1.29 is 0 Å². The van der Waals surface area contributed by atoms with Crippen molar-refractivity contribution in [2.24, 2.45) is 4.99 Å². The number of hydrogen-bond donors (Lipinski definition) is 0. The molecule has 0 fully saturated rings. The number of benzene rings is 2. The Morgan fingerprint density at radius 1 is 0.792 bits per heavy atom. The minimum absolute atomic E-state index is 0.752. The first kappa shape index (κ1) is 18.7. The Morgan fingerprint density at radius 3 is 2.08 bits per heavy atom. The second-order valence-corrected chi connectivity index (χ2v) is 6.78. The molecule has 0 heterocycles. The molecule has 0 spiro atoms. The predicted octanol–water partition coefficient (Wildman–Crippen LogP) is 7.38. The first-order valence-electron chi connectivity index (χ1n) is 9.16.